The van der Waals surface area contributed by atoms with Crippen molar-refractivity contribution in [2.75, 3.05) is 6.61 Å². The highest BCUT2D eigenvalue weighted by Crippen LogP contribution is 2.27. The van der Waals surface area contributed by atoms with E-state index in [1.807, 2.05) is 0 Å². The monoisotopic (exact) mass is 223 g/mol. The minimum absolute atomic E-state index is 0.0525. The summed E-state index contributed by atoms with van der Waals surface area (Å²) >= 11 is 11.2. The van der Waals surface area contributed by atoms with Gasteiger partial charge >= 0.3 is 0 Å². The first-order valence-corrected chi connectivity index (χ1v) is 4.32. The van der Waals surface area contributed by atoms with Gasteiger partial charge in [-0.25, -0.2) is 4.39 Å². The second kappa shape index (κ2) is 4.24. The van der Waals surface area contributed by atoms with Crippen LogP contribution in [0.1, 0.15) is 11.6 Å². The molecule has 13 heavy (non-hydrogen) atoms. The van der Waals surface area contributed by atoms with Gasteiger partial charge in [0.25, 0.3) is 0 Å². The lowest BCUT2D eigenvalue weighted by atomic mass is 10.1. The molecule has 5 heteroatoms. The van der Waals surface area contributed by atoms with Gasteiger partial charge in [0, 0.05) is 5.02 Å². The van der Waals surface area contributed by atoms with E-state index < -0.39 is 11.9 Å². The summed E-state index contributed by atoms with van der Waals surface area (Å²) in [6.45, 7) is -0.262. The molecular formula is C8H8Cl2FNO. The molecule has 1 atom stereocenters. The molecule has 0 fully saturated rings. The van der Waals surface area contributed by atoms with Crippen LogP contribution in [0, 0.1) is 5.82 Å². The molecule has 1 rings (SSSR count). The summed E-state index contributed by atoms with van der Waals surface area (Å²) in [6, 6.07) is 1.76. The Morgan fingerprint density at radius 1 is 1.38 bits per heavy atom. The van der Waals surface area contributed by atoms with Crippen LogP contribution in [-0.2, 0) is 0 Å². The highest BCUT2D eigenvalue weighted by Gasteiger charge is 2.12. The maximum Gasteiger partial charge on any atom is 0.143 e. The van der Waals surface area contributed by atoms with Crippen molar-refractivity contribution >= 4 is 23.2 Å². The maximum absolute atomic E-state index is 12.8. The summed E-state index contributed by atoms with van der Waals surface area (Å²) in [4.78, 5) is 0. The lowest BCUT2D eigenvalue weighted by molar-refractivity contribution is 0.268. The Kier molecular flexibility index (Phi) is 3.50. The van der Waals surface area contributed by atoms with Crippen LogP contribution in [0.5, 0.6) is 0 Å². The Hall–Kier alpha value is -0.350. The predicted octanol–water partition coefficient (Wildman–Crippen LogP) is 2.12. The summed E-state index contributed by atoms with van der Waals surface area (Å²) in [5.74, 6) is -0.597. The molecule has 0 bridgehead atoms. The van der Waals surface area contributed by atoms with Crippen molar-refractivity contribution in [2.24, 2.45) is 5.73 Å². The van der Waals surface area contributed by atoms with Gasteiger partial charge in [-0.2, -0.15) is 0 Å². The fraction of sp³-hybridized carbons (Fsp3) is 0.250. The maximum atomic E-state index is 12.8. The Morgan fingerprint density at radius 2 is 2.00 bits per heavy atom. The minimum Gasteiger partial charge on any atom is -0.394 e. The number of hydrogen-bond acceptors (Lipinski definition) is 2. The van der Waals surface area contributed by atoms with Crippen LogP contribution in [0.2, 0.25) is 10.0 Å². The van der Waals surface area contributed by atoms with E-state index in [-0.39, 0.29) is 16.7 Å². The van der Waals surface area contributed by atoms with Crippen molar-refractivity contribution in [2.45, 2.75) is 6.04 Å². The van der Waals surface area contributed by atoms with Gasteiger partial charge in [0.05, 0.1) is 17.7 Å². The van der Waals surface area contributed by atoms with Crippen molar-refractivity contribution in [1.29, 1.82) is 0 Å². The molecule has 0 spiro atoms. The molecule has 0 heterocycles. The van der Waals surface area contributed by atoms with Crippen LogP contribution in [0.15, 0.2) is 12.1 Å². The van der Waals surface area contributed by atoms with Crippen molar-refractivity contribution in [3.63, 3.8) is 0 Å². The molecule has 0 saturated heterocycles. The Labute approximate surface area is 85.1 Å². The van der Waals surface area contributed by atoms with Gasteiger partial charge in [-0.1, -0.05) is 23.2 Å². The van der Waals surface area contributed by atoms with E-state index in [2.05, 4.69) is 0 Å². The smallest absolute Gasteiger partial charge is 0.143 e. The standard InChI is InChI=1S/C8H8Cl2FNO/c9-5-2-7(11)6(10)1-4(5)8(12)3-13/h1-2,8,13H,3,12H2. The van der Waals surface area contributed by atoms with Crippen LogP contribution in [0.25, 0.3) is 0 Å². The Balaban J connectivity index is 3.15. The van der Waals surface area contributed by atoms with E-state index in [4.69, 9.17) is 34.0 Å². The van der Waals surface area contributed by atoms with Gasteiger partial charge in [0.2, 0.25) is 0 Å². The number of aliphatic hydroxyl groups is 1. The summed E-state index contributed by atoms with van der Waals surface area (Å²) in [7, 11) is 0. The molecule has 2 nitrogen and oxygen atoms in total. The van der Waals surface area contributed by atoms with Crippen molar-refractivity contribution in [3.05, 3.63) is 33.6 Å². The zero-order valence-corrected chi connectivity index (χ0v) is 8.11. The quantitative estimate of drug-likeness (QED) is 0.755. The fourth-order valence-corrected chi connectivity index (χ4v) is 1.38. The highest BCUT2D eigenvalue weighted by atomic mass is 35.5. The normalized spacial score (nSPS) is 13.0. The largest absolute Gasteiger partial charge is 0.394 e. The highest BCUT2D eigenvalue weighted by molar-refractivity contribution is 6.33. The SMILES string of the molecule is NC(CO)c1cc(Cl)c(F)cc1Cl. The average Bonchev–Trinajstić information content (AvgIpc) is 2.10. The van der Waals surface area contributed by atoms with E-state index in [9.17, 15) is 4.39 Å². The second-order valence-electron chi connectivity index (χ2n) is 2.58. The van der Waals surface area contributed by atoms with Crippen LogP contribution >= 0.6 is 23.2 Å². The molecular weight excluding hydrogens is 216 g/mol. The Morgan fingerprint density at radius 3 is 2.54 bits per heavy atom. The summed E-state index contributed by atoms with van der Waals surface area (Å²) in [5.41, 5.74) is 5.94. The third-order valence-electron chi connectivity index (χ3n) is 1.64. The summed E-state index contributed by atoms with van der Waals surface area (Å²) in [6.07, 6.45) is 0. The van der Waals surface area contributed by atoms with Gasteiger partial charge in [-0.3, -0.25) is 0 Å². The third kappa shape index (κ3) is 2.31. The average molecular weight is 224 g/mol. The number of nitrogens with two attached hydrogens (primary N) is 1. The van der Waals surface area contributed by atoms with E-state index in [0.29, 0.717) is 5.56 Å². The third-order valence-corrected chi connectivity index (χ3v) is 2.25. The molecule has 3 N–H and O–H groups in total. The Bertz CT molecular complexity index is 319. The van der Waals surface area contributed by atoms with E-state index >= 15 is 0 Å². The van der Waals surface area contributed by atoms with Crippen LogP contribution < -0.4 is 5.73 Å². The first-order valence-electron chi connectivity index (χ1n) is 3.57. The zero-order chi connectivity index (χ0) is 10.0. The number of hydrogen-bond donors (Lipinski definition) is 2. The molecule has 0 aromatic heterocycles. The summed E-state index contributed by atoms with van der Waals surface area (Å²) < 4.78 is 12.8. The molecule has 0 aliphatic rings. The molecule has 1 aromatic rings. The van der Waals surface area contributed by atoms with E-state index in [1.54, 1.807) is 0 Å². The second-order valence-corrected chi connectivity index (χ2v) is 3.39. The van der Waals surface area contributed by atoms with Crippen LogP contribution in [-0.4, -0.2) is 11.7 Å². The van der Waals surface area contributed by atoms with E-state index in [1.165, 1.54) is 6.07 Å². The van der Waals surface area contributed by atoms with Gasteiger partial charge in [-0.05, 0) is 17.7 Å². The minimum atomic E-state index is -0.634. The first kappa shape index (κ1) is 10.7. The van der Waals surface area contributed by atoms with Gasteiger partial charge in [-0.15, -0.1) is 0 Å². The molecule has 0 amide bonds. The number of rotatable bonds is 2. The topological polar surface area (TPSA) is 46.2 Å². The number of aliphatic hydroxyl groups excluding tert-OH is 1. The number of benzene rings is 1. The van der Waals surface area contributed by atoms with E-state index in [0.717, 1.165) is 6.07 Å². The fourth-order valence-electron chi connectivity index (χ4n) is 0.920. The molecule has 0 radical (unpaired) electrons. The predicted molar refractivity (Wildman–Crippen MR) is 50.4 cm³/mol. The molecule has 0 aliphatic carbocycles. The lowest BCUT2D eigenvalue weighted by Gasteiger charge is -2.11. The zero-order valence-electron chi connectivity index (χ0n) is 6.60. The lowest BCUT2D eigenvalue weighted by Crippen LogP contribution is -2.15. The first-order chi connectivity index (χ1) is 6.06. The van der Waals surface area contributed by atoms with Gasteiger partial charge in [0.15, 0.2) is 0 Å². The van der Waals surface area contributed by atoms with Gasteiger partial charge < -0.3 is 10.8 Å². The molecule has 0 saturated carbocycles. The van der Waals surface area contributed by atoms with Crippen molar-refractivity contribution in [3.8, 4) is 0 Å². The van der Waals surface area contributed by atoms with Gasteiger partial charge in [0.1, 0.15) is 5.82 Å². The summed E-state index contributed by atoms with van der Waals surface area (Å²) in [5, 5.41) is 8.87. The molecule has 1 unspecified atom stereocenters. The number of halogens is 3. The van der Waals surface area contributed by atoms with Crippen LogP contribution in [0.4, 0.5) is 4.39 Å². The molecule has 72 valence electrons. The van der Waals surface area contributed by atoms with Crippen LogP contribution in [0.3, 0.4) is 0 Å². The molecule has 0 aliphatic heterocycles. The van der Waals surface area contributed by atoms with Crippen molar-refractivity contribution in [1.82, 2.24) is 0 Å². The molecule has 1 aromatic carbocycles. The van der Waals surface area contributed by atoms with Crippen molar-refractivity contribution < 1.29 is 9.50 Å².